The van der Waals surface area contributed by atoms with E-state index >= 15 is 0 Å². The summed E-state index contributed by atoms with van der Waals surface area (Å²) in [7, 11) is 0. The third-order valence-electron chi connectivity index (χ3n) is 7.56. The molecule has 0 bridgehead atoms. The number of nitrogens with two attached hydrogens (primary N) is 1. The predicted molar refractivity (Wildman–Crippen MR) is 105 cm³/mol. The summed E-state index contributed by atoms with van der Waals surface area (Å²) in [4.78, 5) is 8.78. The Hall–Kier alpha value is -0.730. The van der Waals surface area contributed by atoms with Crippen molar-refractivity contribution < 1.29 is 9.90 Å². The van der Waals surface area contributed by atoms with Crippen molar-refractivity contribution in [2.45, 2.75) is 110 Å². The van der Waals surface area contributed by atoms with Gasteiger partial charge in [0.15, 0.2) is 0 Å². The summed E-state index contributed by atoms with van der Waals surface area (Å²) in [6.07, 6.45) is 23.4. The topological polar surface area (TPSA) is 63.3 Å². The molecule has 3 rings (SSSR count). The van der Waals surface area contributed by atoms with Crippen LogP contribution in [0, 0.1) is 23.2 Å². The fourth-order valence-corrected chi connectivity index (χ4v) is 6.37. The molecule has 3 aliphatic rings. The van der Waals surface area contributed by atoms with Crippen molar-refractivity contribution in [2.75, 3.05) is 0 Å². The molecule has 3 aliphatic carbocycles. The first-order valence-electron chi connectivity index (χ1n) is 11.1. The molecule has 3 saturated carbocycles. The lowest BCUT2D eigenvalue weighted by Gasteiger charge is -2.49. The van der Waals surface area contributed by atoms with Crippen LogP contribution in [0.4, 0.5) is 4.79 Å². The predicted octanol–water partition coefficient (Wildman–Crippen LogP) is 6.75. The molecule has 3 fully saturated rings. The number of hydrogen-bond acceptors (Lipinski definition) is 1. The van der Waals surface area contributed by atoms with Crippen LogP contribution in [0.15, 0.2) is 0 Å². The molecule has 0 radical (unpaired) electrons. The van der Waals surface area contributed by atoms with Gasteiger partial charge in [-0.05, 0) is 68.1 Å². The molecule has 0 unspecified atom stereocenters. The average molecular weight is 352 g/mol. The molecule has 0 saturated heterocycles. The van der Waals surface area contributed by atoms with Gasteiger partial charge < -0.3 is 10.8 Å². The molecule has 146 valence electrons. The molecular weight excluding hydrogens is 310 g/mol. The molecule has 1 amide bonds. The minimum atomic E-state index is -1.33. The van der Waals surface area contributed by atoms with Crippen LogP contribution >= 0.6 is 0 Å². The first-order valence-corrected chi connectivity index (χ1v) is 11.1. The van der Waals surface area contributed by atoms with Gasteiger partial charge in [0, 0.05) is 0 Å². The van der Waals surface area contributed by atoms with Crippen molar-refractivity contribution in [3.05, 3.63) is 0 Å². The molecule has 3 nitrogen and oxygen atoms in total. The second kappa shape index (κ2) is 10.4. The molecule has 0 spiro atoms. The third kappa shape index (κ3) is 6.18. The van der Waals surface area contributed by atoms with E-state index in [2.05, 4.69) is 12.7 Å². The van der Waals surface area contributed by atoms with Crippen LogP contribution in [0.1, 0.15) is 110 Å². The van der Waals surface area contributed by atoms with Crippen LogP contribution < -0.4 is 5.73 Å². The Balaban J connectivity index is 0.000000511. The van der Waals surface area contributed by atoms with E-state index in [1.165, 1.54) is 51.4 Å². The summed E-state index contributed by atoms with van der Waals surface area (Å²) >= 11 is 0. The molecule has 0 aliphatic heterocycles. The lowest BCUT2D eigenvalue weighted by Crippen LogP contribution is -2.37. The second-order valence-corrected chi connectivity index (χ2v) is 9.02. The zero-order valence-electron chi connectivity index (χ0n) is 16.5. The Labute approximate surface area is 155 Å². The highest BCUT2D eigenvalue weighted by atomic mass is 16.4. The Morgan fingerprint density at radius 2 is 1.32 bits per heavy atom. The maximum atomic E-state index is 8.78. The van der Waals surface area contributed by atoms with Crippen molar-refractivity contribution in [1.29, 1.82) is 0 Å². The van der Waals surface area contributed by atoms with Gasteiger partial charge >= 0.3 is 6.09 Å². The van der Waals surface area contributed by atoms with Gasteiger partial charge in [-0.3, -0.25) is 0 Å². The summed E-state index contributed by atoms with van der Waals surface area (Å²) < 4.78 is 0. The van der Waals surface area contributed by atoms with E-state index in [4.69, 9.17) is 9.90 Å². The maximum absolute atomic E-state index is 8.78. The van der Waals surface area contributed by atoms with Gasteiger partial charge in [-0.2, -0.15) is 0 Å². The first kappa shape index (κ1) is 20.6. The number of carbonyl (C=O) groups is 1. The first-order chi connectivity index (χ1) is 12.1. The van der Waals surface area contributed by atoms with Crippen molar-refractivity contribution in [3.63, 3.8) is 0 Å². The highest BCUT2D eigenvalue weighted by molar-refractivity contribution is 5.61. The minimum Gasteiger partial charge on any atom is -0.465 e. The lowest BCUT2D eigenvalue weighted by atomic mass is 9.56. The van der Waals surface area contributed by atoms with E-state index < -0.39 is 6.09 Å². The molecule has 3 N–H and O–H groups in total. The van der Waals surface area contributed by atoms with Crippen LogP contribution in [0.5, 0.6) is 0 Å². The van der Waals surface area contributed by atoms with E-state index in [0.717, 1.165) is 23.2 Å². The Morgan fingerprint density at radius 3 is 1.80 bits per heavy atom. The maximum Gasteiger partial charge on any atom is 0.402 e. The molecule has 0 aromatic carbocycles. The van der Waals surface area contributed by atoms with Gasteiger partial charge in [0.2, 0.25) is 0 Å². The van der Waals surface area contributed by atoms with Crippen LogP contribution in [0.3, 0.4) is 0 Å². The van der Waals surface area contributed by atoms with Crippen molar-refractivity contribution in [2.24, 2.45) is 28.9 Å². The summed E-state index contributed by atoms with van der Waals surface area (Å²) in [6.45, 7) is 2.43. The summed E-state index contributed by atoms with van der Waals surface area (Å²) in [6, 6.07) is 0. The highest BCUT2D eigenvalue weighted by Crippen LogP contribution is 2.54. The van der Waals surface area contributed by atoms with E-state index in [1.54, 1.807) is 51.4 Å². The molecule has 0 aromatic rings. The fourth-order valence-electron chi connectivity index (χ4n) is 6.37. The smallest absolute Gasteiger partial charge is 0.402 e. The van der Waals surface area contributed by atoms with E-state index in [9.17, 15) is 0 Å². The summed E-state index contributed by atoms with van der Waals surface area (Å²) in [5.41, 5.74) is 4.81. The van der Waals surface area contributed by atoms with Gasteiger partial charge in [0.05, 0.1) is 0 Å². The van der Waals surface area contributed by atoms with E-state index in [1.807, 2.05) is 0 Å². The van der Waals surface area contributed by atoms with Crippen molar-refractivity contribution >= 4 is 6.09 Å². The van der Waals surface area contributed by atoms with Crippen LogP contribution in [-0.4, -0.2) is 11.2 Å². The van der Waals surface area contributed by atoms with E-state index in [0.29, 0.717) is 0 Å². The number of carboxylic acid groups (broad SMARTS) is 1. The fraction of sp³-hybridized carbons (Fsp3) is 0.955. The molecule has 0 aromatic heterocycles. The monoisotopic (exact) mass is 351 g/mol. The standard InChI is InChI=1S/C21H38.CH3NO2/c1-2-15-21(20-11-7-4-8-12-20)16-13-19(14-17-21)18-9-5-3-6-10-18;2-1(3)4/h18-20H,2-17H2,1H3;2H2,(H,3,4). The lowest BCUT2D eigenvalue weighted by molar-refractivity contribution is 0.0221. The van der Waals surface area contributed by atoms with Crippen molar-refractivity contribution in [3.8, 4) is 0 Å². The van der Waals surface area contributed by atoms with Gasteiger partial charge in [-0.25, -0.2) is 4.79 Å². The van der Waals surface area contributed by atoms with E-state index in [-0.39, 0.29) is 0 Å². The largest absolute Gasteiger partial charge is 0.465 e. The molecule has 25 heavy (non-hydrogen) atoms. The minimum absolute atomic E-state index is 0.778. The Morgan fingerprint density at radius 1 is 0.880 bits per heavy atom. The van der Waals surface area contributed by atoms with Crippen LogP contribution in [0.25, 0.3) is 0 Å². The zero-order valence-corrected chi connectivity index (χ0v) is 16.5. The molecule has 0 atom stereocenters. The Bertz CT molecular complexity index is 371. The zero-order chi connectivity index (χ0) is 18.1. The van der Waals surface area contributed by atoms with Crippen LogP contribution in [0.2, 0.25) is 0 Å². The third-order valence-corrected chi connectivity index (χ3v) is 7.56. The quantitative estimate of drug-likeness (QED) is 0.588. The second-order valence-electron chi connectivity index (χ2n) is 9.02. The van der Waals surface area contributed by atoms with Gasteiger partial charge in [-0.1, -0.05) is 64.7 Å². The van der Waals surface area contributed by atoms with Gasteiger partial charge in [0.25, 0.3) is 0 Å². The molecule has 3 heteroatoms. The molecular formula is C22H41NO2. The van der Waals surface area contributed by atoms with Crippen LogP contribution in [-0.2, 0) is 0 Å². The normalized spacial score (nSPS) is 31.8. The molecule has 0 heterocycles. The Kier molecular flexibility index (Phi) is 8.58. The van der Waals surface area contributed by atoms with Gasteiger partial charge in [-0.15, -0.1) is 0 Å². The SMILES string of the molecule is CCCC1(C2CCCCC2)CCC(C2CCCCC2)CC1.NC(=O)O. The average Bonchev–Trinajstić information content (AvgIpc) is 2.64. The number of hydrogen-bond donors (Lipinski definition) is 2. The number of amides is 1. The van der Waals surface area contributed by atoms with Crippen molar-refractivity contribution in [1.82, 2.24) is 0 Å². The number of primary amides is 1. The number of rotatable bonds is 4. The summed E-state index contributed by atoms with van der Waals surface area (Å²) in [5, 5.41) is 7.19. The highest BCUT2D eigenvalue weighted by Gasteiger charge is 2.42. The summed E-state index contributed by atoms with van der Waals surface area (Å²) in [5.74, 6) is 3.32. The van der Waals surface area contributed by atoms with Gasteiger partial charge in [0.1, 0.15) is 0 Å².